The molecule has 2 amide bonds. The molecule has 0 atom stereocenters. The van der Waals surface area contributed by atoms with Crippen molar-refractivity contribution >= 4 is 23.4 Å². The Hall–Kier alpha value is -2.64. The molecular formula is C26H31ClFN3O3. The zero-order valence-corrected chi connectivity index (χ0v) is 20.3. The average molecular weight is 488 g/mol. The van der Waals surface area contributed by atoms with Gasteiger partial charge in [0.25, 0.3) is 5.91 Å². The van der Waals surface area contributed by atoms with Gasteiger partial charge in [-0.05, 0) is 62.4 Å². The monoisotopic (exact) mass is 487 g/mol. The number of piperazine rings is 1. The molecule has 0 unspecified atom stereocenters. The highest BCUT2D eigenvalue weighted by molar-refractivity contribution is 6.30. The fourth-order valence-electron chi connectivity index (χ4n) is 4.62. The number of halogens is 2. The summed E-state index contributed by atoms with van der Waals surface area (Å²) in [5, 5.41) is 0.530. The Labute approximate surface area is 205 Å². The van der Waals surface area contributed by atoms with Crippen LogP contribution in [-0.4, -0.2) is 79.4 Å². The Morgan fingerprint density at radius 3 is 2.29 bits per heavy atom. The van der Waals surface area contributed by atoms with Crippen LogP contribution >= 0.6 is 11.6 Å². The molecule has 2 aromatic rings. The SMILES string of the molecule is CN1CCN(C(=O)CC2(COc3ccc(F)cc3)CCN(C(=O)c3cccc(Cl)c3)CC2)CC1. The van der Waals surface area contributed by atoms with Crippen LogP contribution in [0.25, 0.3) is 0 Å². The van der Waals surface area contributed by atoms with Crippen LogP contribution in [0.1, 0.15) is 29.6 Å². The Bertz CT molecular complexity index is 1000. The molecule has 0 N–H and O–H groups in total. The standard InChI is InChI=1S/C26H31ClFN3O3/c1-29-13-15-30(16-14-29)24(32)18-26(19-34-23-7-5-22(28)6-8-23)9-11-31(12-10-26)25(33)20-3-2-4-21(27)17-20/h2-8,17H,9-16,18-19H2,1H3. The molecule has 0 radical (unpaired) electrons. The summed E-state index contributed by atoms with van der Waals surface area (Å²) in [6.07, 6.45) is 1.68. The van der Waals surface area contributed by atoms with Crippen LogP contribution in [0.15, 0.2) is 48.5 Å². The lowest BCUT2D eigenvalue weighted by molar-refractivity contribution is -0.136. The van der Waals surface area contributed by atoms with Gasteiger partial charge in [-0.2, -0.15) is 0 Å². The predicted octanol–water partition coefficient (Wildman–Crippen LogP) is 3.94. The largest absolute Gasteiger partial charge is 0.493 e. The first kappa shape index (κ1) is 24.5. The average Bonchev–Trinajstić information content (AvgIpc) is 2.84. The van der Waals surface area contributed by atoms with Crippen LogP contribution in [0.4, 0.5) is 4.39 Å². The Kier molecular flexibility index (Phi) is 7.73. The van der Waals surface area contributed by atoms with E-state index in [1.54, 1.807) is 36.4 Å². The maximum Gasteiger partial charge on any atom is 0.253 e. The van der Waals surface area contributed by atoms with E-state index in [1.165, 1.54) is 12.1 Å². The molecule has 34 heavy (non-hydrogen) atoms. The summed E-state index contributed by atoms with van der Waals surface area (Å²) in [6.45, 7) is 4.60. The van der Waals surface area contributed by atoms with Crippen LogP contribution in [-0.2, 0) is 4.79 Å². The second kappa shape index (κ2) is 10.7. The van der Waals surface area contributed by atoms with Crippen LogP contribution in [0.2, 0.25) is 5.02 Å². The number of hydrogen-bond acceptors (Lipinski definition) is 4. The molecule has 2 fully saturated rings. The molecule has 2 aliphatic rings. The normalized spacial score (nSPS) is 18.6. The number of nitrogens with zero attached hydrogens (tertiary/aromatic N) is 3. The van der Waals surface area contributed by atoms with Gasteiger partial charge in [0.2, 0.25) is 5.91 Å². The molecule has 182 valence electrons. The van der Waals surface area contributed by atoms with Gasteiger partial charge < -0.3 is 19.4 Å². The lowest BCUT2D eigenvalue weighted by Crippen LogP contribution is -2.51. The van der Waals surface area contributed by atoms with Crippen LogP contribution in [0.3, 0.4) is 0 Å². The Morgan fingerprint density at radius 2 is 1.65 bits per heavy atom. The van der Waals surface area contributed by atoms with E-state index in [-0.39, 0.29) is 23.0 Å². The van der Waals surface area contributed by atoms with Crippen LogP contribution in [0, 0.1) is 11.2 Å². The predicted molar refractivity (Wildman–Crippen MR) is 130 cm³/mol. The van der Waals surface area contributed by atoms with Gasteiger partial charge in [-0.1, -0.05) is 17.7 Å². The lowest BCUT2D eigenvalue weighted by atomic mass is 9.75. The highest BCUT2D eigenvalue weighted by atomic mass is 35.5. The Balaban J connectivity index is 1.44. The molecule has 6 nitrogen and oxygen atoms in total. The minimum Gasteiger partial charge on any atom is -0.493 e. The van der Waals surface area contributed by atoms with Gasteiger partial charge in [-0.3, -0.25) is 9.59 Å². The molecule has 8 heteroatoms. The van der Waals surface area contributed by atoms with Crippen molar-refractivity contribution in [1.82, 2.24) is 14.7 Å². The summed E-state index contributed by atoms with van der Waals surface area (Å²) < 4.78 is 19.3. The number of piperidine rings is 1. The molecule has 0 aliphatic carbocycles. The fraction of sp³-hybridized carbons (Fsp3) is 0.462. The number of likely N-dealkylation sites (tertiary alicyclic amines) is 1. The minimum atomic E-state index is -0.389. The highest BCUT2D eigenvalue weighted by Crippen LogP contribution is 2.37. The first-order valence-electron chi connectivity index (χ1n) is 11.7. The number of ether oxygens (including phenoxy) is 1. The van der Waals surface area contributed by atoms with E-state index in [4.69, 9.17) is 16.3 Å². The highest BCUT2D eigenvalue weighted by Gasteiger charge is 2.40. The third kappa shape index (κ3) is 6.07. The summed E-state index contributed by atoms with van der Waals surface area (Å²) in [7, 11) is 2.06. The smallest absolute Gasteiger partial charge is 0.253 e. The first-order chi connectivity index (χ1) is 16.3. The van der Waals surface area contributed by atoms with Gasteiger partial charge in [-0.15, -0.1) is 0 Å². The van der Waals surface area contributed by atoms with Crippen molar-refractivity contribution in [2.75, 3.05) is 52.9 Å². The van der Waals surface area contributed by atoms with Crippen molar-refractivity contribution in [3.63, 3.8) is 0 Å². The van der Waals surface area contributed by atoms with Crippen molar-refractivity contribution in [2.24, 2.45) is 5.41 Å². The molecule has 2 heterocycles. The molecule has 2 saturated heterocycles. The summed E-state index contributed by atoms with van der Waals surface area (Å²) in [5.41, 5.74) is 0.177. The first-order valence-corrected chi connectivity index (χ1v) is 12.1. The van der Waals surface area contributed by atoms with E-state index in [9.17, 15) is 14.0 Å². The molecule has 2 aliphatic heterocycles. The number of carbonyl (C=O) groups is 2. The molecule has 0 aromatic heterocycles. The molecule has 2 aromatic carbocycles. The van der Waals surface area contributed by atoms with Gasteiger partial charge >= 0.3 is 0 Å². The summed E-state index contributed by atoms with van der Waals surface area (Å²) in [4.78, 5) is 32.2. The number of amides is 2. The second-order valence-corrected chi connectivity index (χ2v) is 9.84. The van der Waals surface area contributed by atoms with E-state index < -0.39 is 0 Å². The van der Waals surface area contributed by atoms with Crippen LogP contribution < -0.4 is 4.74 Å². The summed E-state index contributed by atoms with van der Waals surface area (Å²) in [5.74, 6) is 0.330. The number of benzene rings is 2. The number of hydrogen-bond donors (Lipinski definition) is 0. The van der Waals surface area contributed by atoms with Gasteiger partial charge in [-0.25, -0.2) is 4.39 Å². The van der Waals surface area contributed by atoms with Crippen LogP contribution in [0.5, 0.6) is 5.75 Å². The topological polar surface area (TPSA) is 53.1 Å². The lowest BCUT2D eigenvalue weighted by Gasteiger charge is -2.42. The van der Waals surface area contributed by atoms with E-state index in [2.05, 4.69) is 11.9 Å². The summed E-state index contributed by atoms with van der Waals surface area (Å²) in [6, 6.07) is 12.9. The Morgan fingerprint density at radius 1 is 0.971 bits per heavy atom. The maximum atomic E-state index is 13.3. The molecule has 0 spiro atoms. The summed E-state index contributed by atoms with van der Waals surface area (Å²) >= 11 is 6.07. The van der Waals surface area contributed by atoms with Crippen molar-refractivity contribution in [3.8, 4) is 5.75 Å². The number of likely N-dealkylation sites (N-methyl/N-ethyl adjacent to an activating group) is 1. The minimum absolute atomic E-state index is 0.0547. The maximum absolute atomic E-state index is 13.3. The van der Waals surface area contributed by atoms with E-state index in [0.717, 1.165) is 26.2 Å². The van der Waals surface area contributed by atoms with Gasteiger partial charge in [0, 0.05) is 61.7 Å². The zero-order valence-electron chi connectivity index (χ0n) is 19.5. The van der Waals surface area contributed by atoms with E-state index in [0.29, 0.717) is 55.3 Å². The van der Waals surface area contributed by atoms with Gasteiger partial charge in [0.05, 0.1) is 6.61 Å². The van der Waals surface area contributed by atoms with Gasteiger partial charge in [0.15, 0.2) is 0 Å². The number of rotatable bonds is 6. The zero-order chi connectivity index (χ0) is 24.1. The number of carbonyl (C=O) groups excluding carboxylic acids is 2. The molecule has 4 rings (SSSR count). The van der Waals surface area contributed by atoms with Crippen molar-refractivity contribution < 1.29 is 18.7 Å². The van der Waals surface area contributed by atoms with Crippen molar-refractivity contribution in [3.05, 3.63) is 64.9 Å². The molecular weight excluding hydrogens is 457 g/mol. The van der Waals surface area contributed by atoms with E-state index >= 15 is 0 Å². The third-order valence-corrected chi connectivity index (χ3v) is 7.16. The van der Waals surface area contributed by atoms with Crippen molar-refractivity contribution in [1.29, 1.82) is 0 Å². The fourth-order valence-corrected chi connectivity index (χ4v) is 4.81. The second-order valence-electron chi connectivity index (χ2n) is 9.41. The molecule has 0 bridgehead atoms. The van der Waals surface area contributed by atoms with E-state index in [1.807, 2.05) is 9.80 Å². The quantitative estimate of drug-likeness (QED) is 0.619. The third-order valence-electron chi connectivity index (χ3n) is 6.92. The van der Waals surface area contributed by atoms with Crippen molar-refractivity contribution in [2.45, 2.75) is 19.3 Å². The molecule has 0 saturated carbocycles. The van der Waals surface area contributed by atoms with Gasteiger partial charge in [0.1, 0.15) is 11.6 Å².